The number of hydrogen-bond acceptors (Lipinski definition) is 0. The molecule has 3 rings (SSSR count). The van der Waals surface area contributed by atoms with Gasteiger partial charge in [0, 0.05) is 0 Å². The quantitative estimate of drug-likeness (QED) is 0.208. The first-order chi connectivity index (χ1) is 15.0. The van der Waals surface area contributed by atoms with E-state index < -0.39 is 37.0 Å². The molecule has 180 valence electrons. The van der Waals surface area contributed by atoms with Gasteiger partial charge in [0.05, 0.1) is 16.1 Å². The molecule has 0 nitrogen and oxygen atoms in total. The Morgan fingerprint density at radius 3 is 1.70 bits per heavy atom. The predicted molar refractivity (Wildman–Crippen MR) is 155 cm³/mol. The standard InChI is InChI=1S/C28H41Si2.2ClH.Zr/c1-19(2)21-14-20-12-13-26(28(3,4)5)27(25(20)17-21)22-15-23(29(6,7)8)18-24(16-22)30(9,10)11;;;/h12-19H,1-11H3;2*1H;/q-1;;;+2/p-2. The van der Waals surface area contributed by atoms with Crippen LogP contribution in [0.2, 0.25) is 39.3 Å². The zero-order chi connectivity index (χ0) is 25.4. The van der Waals surface area contributed by atoms with Crippen molar-refractivity contribution in [3.05, 3.63) is 53.6 Å². The van der Waals surface area contributed by atoms with Crippen LogP contribution in [0.5, 0.6) is 0 Å². The Kier molecular flexibility index (Phi) is 9.65. The molecule has 0 aliphatic rings. The van der Waals surface area contributed by atoms with Gasteiger partial charge in [-0.1, -0.05) is 114 Å². The van der Waals surface area contributed by atoms with Gasteiger partial charge >= 0.3 is 37.9 Å². The minimum absolute atomic E-state index is 0.104. The average molecular weight is 596 g/mol. The molecular formula is C28H41Cl2Si2Zr-. The zero-order valence-electron chi connectivity index (χ0n) is 22.4. The molecule has 33 heavy (non-hydrogen) atoms. The van der Waals surface area contributed by atoms with Crippen molar-refractivity contribution in [1.82, 2.24) is 0 Å². The van der Waals surface area contributed by atoms with Crippen LogP contribution in [0.25, 0.3) is 21.9 Å². The van der Waals surface area contributed by atoms with Crippen molar-refractivity contribution >= 4 is 54.3 Å². The molecule has 0 aromatic heterocycles. The Labute approximate surface area is 223 Å². The van der Waals surface area contributed by atoms with Crippen LogP contribution in [-0.2, 0) is 26.3 Å². The molecule has 5 heteroatoms. The summed E-state index contributed by atoms with van der Waals surface area (Å²) in [6, 6.07) is 17.2. The molecule has 0 saturated carbocycles. The predicted octanol–water partition coefficient (Wildman–Crippen LogP) is 9.11. The van der Waals surface area contributed by atoms with Crippen LogP contribution in [0.4, 0.5) is 0 Å². The van der Waals surface area contributed by atoms with Crippen LogP contribution < -0.4 is 10.4 Å². The zero-order valence-corrected chi connectivity index (χ0v) is 28.3. The normalized spacial score (nSPS) is 12.7. The van der Waals surface area contributed by atoms with Gasteiger partial charge in [0.25, 0.3) is 0 Å². The van der Waals surface area contributed by atoms with E-state index in [-0.39, 0.29) is 5.41 Å². The first-order valence-electron chi connectivity index (χ1n) is 11.9. The minimum atomic E-state index is -1.43. The fourth-order valence-corrected chi connectivity index (χ4v) is 6.71. The molecule has 0 saturated heterocycles. The number of benzene rings is 2. The van der Waals surface area contributed by atoms with E-state index in [0.29, 0.717) is 5.92 Å². The summed E-state index contributed by atoms with van der Waals surface area (Å²) in [5.74, 6) is 0.550. The maximum absolute atomic E-state index is 4.93. The third-order valence-corrected chi connectivity index (χ3v) is 10.4. The first kappa shape index (κ1) is 29.2. The van der Waals surface area contributed by atoms with E-state index in [1.54, 1.807) is 10.4 Å². The molecule has 3 aromatic rings. The summed E-state index contributed by atoms with van der Waals surface area (Å²) < 4.78 is 0. The van der Waals surface area contributed by atoms with E-state index in [0.717, 1.165) is 0 Å². The van der Waals surface area contributed by atoms with E-state index in [1.807, 2.05) is 0 Å². The summed E-state index contributed by atoms with van der Waals surface area (Å²) in [5.41, 5.74) is 5.91. The summed E-state index contributed by atoms with van der Waals surface area (Å²) in [6.45, 7) is 26.5. The Bertz CT molecular complexity index is 1060. The molecule has 0 aliphatic carbocycles. The van der Waals surface area contributed by atoms with Crippen LogP contribution in [0, 0.1) is 0 Å². The van der Waals surface area contributed by atoms with Crippen molar-refractivity contribution in [2.24, 2.45) is 0 Å². The van der Waals surface area contributed by atoms with Crippen LogP contribution in [0.3, 0.4) is 0 Å². The first-order valence-corrected chi connectivity index (χ1v) is 25.2. The van der Waals surface area contributed by atoms with Crippen molar-refractivity contribution in [2.45, 2.75) is 85.2 Å². The second-order valence-corrected chi connectivity index (χ2v) is 26.4. The van der Waals surface area contributed by atoms with Crippen LogP contribution in [-0.4, -0.2) is 16.1 Å². The SMILES string of the molecule is CC(C)c1cc2c(-c3cc([Si](C)(C)C)cc([Si](C)(C)C)c3)c(C(C)(C)C)ccc2[cH-]1.[Cl][Zr][Cl]. The van der Waals surface area contributed by atoms with Crippen molar-refractivity contribution in [3.63, 3.8) is 0 Å². The van der Waals surface area contributed by atoms with E-state index in [4.69, 9.17) is 17.0 Å². The molecule has 0 N–H and O–H groups in total. The van der Waals surface area contributed by atoms with E-state index in [9.17, 15) is 0 Å². The molecule has 0 amide bonds. The van der Waals surface area contributed by atoms with E-state index in [1.165, 1.54) is 33.0 Å². The van der Waals surface area contributed by atoms with Gasteiger partial charge in [-0.25, -0.2) is 0 Å². The molecule has 0 unspecified atom stereocenters. The molecule has 0 aliphatic heterocycles. The Hall–Kier alpha value is -0.0531. The van der Waals surface area contributed by atoms with Crippen LogP contribution in [0.15, 0.2) is 42.5 Å². The van der Waals surface area contributed by atoms with Crippen LogP contribution >= 0.6 is 17.0 Å². The Morgan fingerprint density at radius 1 is 0.818 bits per heavy atom. The van der Waals surface area contributed by atoms with Gasteiger partial charge in [-0.2, -0.15) is 6.07 Å². The molecular weight excluding hydrogens is 555 g/mol. The second-order valence-electron chi connectivity index (χ2n) is 12.6. The number of halogens is 2. The molecule has 0 fully saturated rings. The Morgan fingerprint density at radius 2 is 1.30 bits per heavy atom. The van der Waals surface area contributed by atoms with Crippen molar-refractivity contribution in [3.8, 4) is 11.1 Å². The van der Waals surface area contributed by atoms with Crippen molar-refractivity contribution in [2.75, 3.05) is 0 Å². The summed E-state index contributed by atoms with van der Waals surface area (Å²) in [5, 5.41) is 5.99. The monoisotopic (exact) mass is 593 g/mol. The average Bonchev–Trinajstić information content (AvgIpc) is 3.10. The third-order valence-electron chi connectivity index (χ3n) is 6.34. The molecule has 0 radical (unpaired) electrons. The summed E-state index contributed by atoms with van der Waals surface area (Å²) in [6.07, 6.45) is 0. The maximum atomic E-state index is 4.93. The topological polar surface area (TPSA) is 0 Å². The molecule has 0 spiro atoms. The van der Waals surface area contributed by atoms with E-state index in [2.05, 4.69) is 116 Å². The summed E-state index contributed by atoms with van der Waals surface area (Å²) >= 11 is -0.826. The number of rotatable bonds is 4. The van der Waals surface area contributed by atoms with Gasteiger partial charge in [-0.05, 0) is 16.9 Å². The molecule has 0 heterocycles. The summed E-state index contributed by atoms with van der Waals surface area (Å²) in [4.78, 5) is 0. The van der Waals surface area contributed by atoms with Crippen molar-refractivity contribution < 1.29 is 20.8 Å². The van der Waals surface area contributed by atoms with Gasteiger partial charge < -0.3 is 0 Å². The van der Waals surface area contributed by atoms with Gasteiger partial charge in [0.15, 0.2) is 0 Å². The number of hydrogen-bond donors (Lipinski definition) is 0. The van der Waals surface area contributed by atoms with Gasteiger partial charge in [0.2, 0.25) is 0 Å². The molecule has 0 atom stereocenters. The second kappa shape index (κ2) is 10.9. The van der Waals surface area contributed by atoms with Gasteiger partial charge in [-0.3, -0.25) is 0 Å². The number of fused-ring (bicyclic) bond motifs is 1. The molecule has 3 aromatic carbocycles. The fourth-order valence-electron chi connectivity index (χ4n) is 4.21. The van der Waals surface area contributed by atoms with Crippen LogP contribution in [0.1, 0.15) is 51.7 Å². The molecule has 0 bridgehead atoms. The van der Waals surface area contributed by atoms with Gasteiger partial charge in [-0.15, -0.1) is 34.5 Å². The fraction of sp³-hybridized carbons (Fsp3) is 0.464. The van der Waals surface area contributed by atoms with Gasteiger partial charge in [0.1, 0.15) is 0 Å². The Balaban J connectivity index is 0.00000122. The van der Waals surface area contributed by atoms with E-state index >= 15 is 0 Å². The van der Waals surface area contributed by atoms with Crippen molar-refractivity contribution in [1.29, 1.82) is 0 Å². The summed E-state index contributed by atoms with van der Waals surface area (Å²) in [7, 11) is 7.01. The third kappa shape index (κ3) is 7.23.